The summed E-state index contributed by atoms with van der Waals surface area (Å²) in [7, 11) is 0. The number of anilines is 1. The highest BCUT2D eigenvalue weighted by Gasteiger charge is 2.06. The first-order valence-electron chi connectivity index (χ1n) is 5.49. The molecule has 2 aromatic rings. The van der Waals surface area contributed by atoms with Crippen molar-refractivity contribution in [2.24, 2.45) is 0 Å². The van der Waals surface area contributed by atoms with E-state index >= 15 is 0 Å². The molecule has 0 atom stereocenters. The molecule has 0 saturated carbocycles. The van der Waals surface area contributed by atoms with Crippen molar-refractivity contribution in [3.05, 3.63) is 41.5 Å². The van der Waals surface area contributed by atoms with Gasteiger partial charge < -0.3 is 5.73 Å². The number of nitrogens with two attached hydrogens (primary N) is 1. The molecular formula is C13H14FN3. The number of nitrogen functional groups attached to an aromatic ring is 1. The Morgan fingerprint density at radius 3 is 2.59 bits per heavy atom. The minimum Gasteiger partial charge on any atom is -0.384 e. The fourth-order valence-electron chi connectivity index (χ4n) is 1.71. The molecule has 0 radical (unpaired) electrons. The third-order valence-corrected chi connectivity index (χ3v) is 2.45. The van der Waals surface area contributed by atoms with Crippen molar-refractivity contribution in [2.75, 3.05) is 5.73 Å². The zero-order valence-electron chi connectivity index (χ0n) is 9.87. The highest BCUT2D eigenvalue weighted by atomic mass is 19.1. The predicted molar refractivity (Wildman–Crippen MR) is 66.0 cm³/mol. The van der Waals surface area contributed by atoms with Crippen LogP contribution in [0.1, 0.15) is 18.3 Å². The second-order valence-electron chi connectivity index (χ2n) is 3.97. The maximum absolute atomic E-state index is 13.3. The summed E-state index contributed by atoms with van der Waals surface area (Å²) in [4.78, 5) is 8.44. The molecule has 0 bridgehead atoms. The Kier molecular flexibility index (Phi) is 3.04. The number of aromatic nitrogens is 2. The van der Waals surface area contributed by atoms with Gasteiger partial charge in [0.1, 0.15) is 17.5 Å². The monoisotopic (exact) mass is 231 g/mol. The SMILES string of the molecule is CCc1nc(N)cc(-c2cc(C)cc(F)c2)n1. The molecular weight excluding hydrogens is 217 g/mol. The predicted octanol–water partition coefficient (Wildman–Crippen LogP) is 2.74. The van der Waals surface area contributed by atoms with E-state index < -0.39 is 0 Å². The molecule has 2 N–H and O–H groups in total. The molecule has 88 valence electrons. The van der Waals surface area contributed by atoms with Gasteiger partial charge in [-0.15, -0.1) is 0 Å². The molecule has 17 heavy (non-hydrogen) atoms. The van der Waals surface area contributed by atoms with Crippen LogP contribution in [0.5, 0.6) is 0 Å². The summed E-state index contributed by atoms with van der Waals surface area (Å²) in [6, 6.07) is 6.47. The second kappa shape index (κ2) is 4.49. The quantitative estimate of drug-likeness (QED) is 0.864. The number of benzene rings is 1. The lowest BCUT2D eigenvalue weighted by molar-refractivity contribution is 0.627. The number of rotatable bonds is 2. The Morgan fingerprint density at radius 2 is 1.94 bits per heavy atom. The van der Waals surface area contributed by atoms with Crippen LogP contribution in [-0.2, 0) is 6.42 Å². The Hall–Kier alpha value is -1.97. The van der Waals surface area contributed by atoms with Crippen molar-refractivity contribution >= 4 is 5.82 Å². The molecule has 0 saturated heterocycles. The Morgan fingerprint density at radius 1 is 1.18 bits per heavy atom. The lowest BCUT2D eigenvalue weighted by Gasteiger charge is -2.06. The van der Waals surface area contributed by atoms with Gasteiger partial charge >= 0.3 is 0 Å². The van der Waals surface area contributed by atoms with Crippen LogP contribution in [0, 0.1) is 12.7 Å². The molecule has 1 aromatic carbocycles. The normalized spacial score (nSPS) is 10.5. The fourth-order valence-corrected chi connectivity index (χ4v) is 1.71. The van der Waals surface area contributed by atoms with Crippen LogP contribution in [0.25, 0.3) is 11.3 Å². The van der Waals surface area contributed by atoms with Crippen molar-refractivity contribution in [3.63, 3.8) is 0 Å². The zero-order chi connectivity index (χ0) is 12.4. The summed E-state index contributed by atoms with van der Waals surface area (Å²) in [6.45, 7) is 3.80. The molecule has 2 rings (SSSR count). The highest BCUT2D eigenvalue weighted by molar-refractivity contribution is 5.62. The molecule has 0 aliphatic rings. The van der Waals surface area contributed by atoms with E-state index in [1.54, 1.807) is 6.07 Å². The maximum Gasteiger partial charge on any atom is 0.131 e. The van der Waals surface area contributed by atoms with Crippen LogP contribution >= 0.6 is 0 Å². The van der Waals surface area contributed by atoms with Crippen LogP contribution in [0.3, 0.4) is 0 Å². The molecule has 1 heterocycles. The molecule has 0 aliphatic carbocycles. The second-order valence-corrected chi connectivity index (χ2v) is 3.97. The Bertz CT molecular complexity index is 532. The van der Waals surface area contributed by atoms with Crippen LogP contribution in [0.2, 0.25) is 0 Å². The smallest absolute Gasteiger partial charge is 0.131 e. The maximum atomic E-state index is 13.3. The Labute approximate surface area is 99.5 Å². The minimum absolute atomic E-state index is 0.268. The molecule has 1 aromatic heterocycles. The van der Waals surface area contributed by atoms with Crippen molar-refractivity contribution in [3.8, 4) is 11.3 Å². The van der Waals surface area contributed by atoms with Gasteiger partial charge in [-0.25, -0.2) is 14.4 Å². The summed E-state index contributed by atoms with van der Waals surface area (Å²) in [6.07, 6.45) is 0.701. The van der Waals surface area contributed by atoms with Gasteiger partial charge in [-0.2, -0.15) is 0 Å². The summed E-state index contributed by atoms with van der Waals surface area (Å²) in [5, 5.41) is 0. The lowest BCUT2D eigenvalue weighted by Crippen LogP contribution is -2.00. The number of nitrogens with zero attached hydrogens (tertiary/aromatic N) is 2. The summed E-state index contributed by atoms with van der Waals surface area (Å²) in [5.41, 5.74) is 7.95. The van der Waals surface area contributed by atoms with E-state index in [2.05, 4.69) is 9.97 Å². The number of hydrogen-bond donors (Lipinski definition) is 1. The van der Waals surface area contributed by atoms with Crippen LogP contribution in [0.4, 0.5) is 10.2 Å². The number of aryl methyl sites for hydroxylation is 2. The van der Waals surface area contributed by atoms with Gasteiger partial charge in [-0.1, -0.05) is 6.92 Å². The molecule has 0 amide bonds. The number of hydrogen-bond acceptors (Lipinski definition) is 3. The van der Waals surface area contributed by atoms with Crippen LogP contribution < -0.4 is 5.73 Å². The lowest BCUT2D eigenvalue weighted by atomic mass is 10.1. The first-order chi connectivity index (χ1) is 8.08. The largest absolute Gasteiger partial charge is 0.384 e. The number of halogens is 1. The first kappa shape index (κ1) is 11.5. The van der Waals surface area contributed by atoms with Crippen molar-refractivity contribution in [2.45, 2.75) is 20.3 Å². The fraction of sp³-hybridized carbons (Fsp3) is 0.231. The van der Waals surface area contributed by atoms with Crippen molar-refractivity contribution in [1.29, 1.82) is 0 Å². The van der Waals surface area contributed by atoms with E-state index in [4.69, 9.17) is 5.73 Å². The van der Waals surface area contributed by atoms with E-state index in [0.717, 1.165) is 11.1 Å². The van der Waals surface area contributed by atoms with E-state index in [9.17, 15) is 4.39 Å². The zero-order valence-corrected chi connectivity index (χ0v) is 9.87. The van der Waals surface area contributed by atoms with Crippen molar-refractivity contribution < 1.29 is 4.39 Å². The summed E-state index contributed by atoms with van der Waals surface area (Å²) < 4.78 is 13.3. The first-order valence-corrected chi connectivity index (χ1v) is 5.49. The van der Waals surface area contributed by atoms with E-state index in [1.807, 2.05) is 19.9 Å². The van der Waals surface area contributed by atoms with Gasteiger partial charge in [0.25, 0.3) is 0 Å². The standard InChI is InChI=1S/C13H14FN3/c1-3-13-16-11(7-12(15)17-13)9-4-8(2)5-10(14)6-9/h4-7H,3H2,1-2H3,(H2,15,16,17). The van der Waals surface area contributed by atoms with Gasteiger partial charge in [0.15, 0.2) is 0 Å². The van der Waals surface area contributed by atoms with Crippen LogP contribution in [0.15, 0.2) is 24.3 Å². The highest BCUT2D eigenvalue weighted by Crippen LogP contribution is 2.21. The van der Waals surface area contributed by atoms with E-state index in [1.165, 1.54) is 12.1 Å². The van der Waals surface area contributed by atoms with Gasteiger partial charge in [-0.05, 0) is 30.7 Å². The molecule has 0 spiro atoms. The average molecular weight is 231 g/mol. The Balaban J connectivity index is 2.55. The molecule has 0 fully saturated rings. The van der Waals surface area contributed by atoms with Gasteiger partial charge in [0.2, 0.25) is 0 Å². The van der Waals surface area contributed by atoms with E-state index in [0.29, 0.717) is 23.8 Å². The molecule has 3 nitrogen and oxygen atoms in total. The third-order valence-electron chi connectivity index (χ3n) is 2.45. The summed E-state index contributed by atoms with van der Waals surface area (Å²) >= 11 is 0. The third kappa shape index (κ3) is 2.58. The molecule has 4 heteroatoms. The molecule has 0 aliphatic heterocycles. The summed E-state index contributed by atoms with van der Waals surface area (Å²) in [5.74, 6) is 0.811. The van der Waals surface area contributed by atoms with E-state index in [-0.39, 0.29) is 5.82 Å². The van der Waals surface area contributed by atoms with Gasteiger partial charge in [-0.3, -0.25) is 0 Å². The van der Waals surface area contributed by atoms with Crippen LogP contribution in [-0.4, -0.2) is 9.97 Å². The molecule has 0 unspecified atom stereocenters. The topological polar surface area (TPSA) is 51.8 Å². The van der Waals surface area contributed by atoms with Crippen molar-refractivity contribution in [1.82, 2.24) is 9.97 Å². The minimum atomic E-state index is -0.268. The van der Waals surface area contributed by atoms with Gasteiger partial charge in [0.05, 0.1) is 5.69 Å². The average Bonchev–Trinajstić information content (AvgIpc) is 2.26. The van der Waals surface area contributed by atoms with Gasteiger partial charge in [0, 0.05) is 18.1 Å².